The van der Waals surface area contributed by atoms with E-state index in [4.69, 9.17) is 14.7 Å². The number of nitrogens with zero attached hydrogens (tertiary/aromatic N) is 1. The molecule has 0 fully saturated rings. The summed E-state index contributed by atoms with van der Waals surface area (Å²) < 4.78 is 11.2. The monoisotopic (exact) mass is 248 g/mol. The molecule has 1 aromatic carbocycles. The number of nitrogens with one attached hydrogen (secondary N) is 1. The van der Waals surface area contributed by atoms with Gasteiger partial charge in [-0.1, -0.05) is 19.1 Å². The second kappa shape index (κ2) is 6.87. The Bertz CT molecular complexity index is 415. The molecule has 18 heavy (non-hydrogen) atoms. The minimum absolute atomic E-state index is 0.279. The fourth-order valence-electron chi connectivity index (χ4n) is 1.58. The minimum Gasteiger partial charge on any atom is -0.490 e. The number of para-hydroxylation sites is 2. The third kappa shape index (κ3) is 3.94. The van der Waals surface area contributed by atoms with Crippen molar-refractivity contribution in [2.24, 2.45) is 0 Å². The number of likely N-dealkylation sites (N-methyl/N-ethyl adjacent to an activating group) is 1. The van der Waals surface area contributed by atoms with Gasteiger partial charge in [-0.15, -0.1) is 0 Å². The average Bonchev–Trinajstić information content (AvgIpc) is 2.38. The summed E-state index contributed by atoms with van der Waals surface area (Å²) in [5.41, 5.74) is -0.686. The van der Waals surface area contributed by atoms with Gasteiger partial charge in [0.15, 0.2) is 11.5 Å². The van der Waals surface area contributed by atoms with Crippen LogP contribution in [-0.2, 0) is 0 Å². The lowest BCUT2D eigenvalue weighted by Crippen LogP contribution is -2.46. The third-order valence-electron chi connectivity index (χ3n) is 2.48. The zero-order valence-corrected chi connectivity index (χ0v) is 11.2. The summed E-state index contributed by atoms with van der Waals surface area (Å²) in [4.78, 5) is 0. The molecule has 1 aromatic rings. The predicted octanol–water partition coefficient (Wildman–Crippen LogP) is 2.36. The Kier molecular flexibility index (Phi) is 5.47. The van der Waals surface area contributed by atoms with Gasteiger partial charge in [0.05, 0.1) is 12.7 Å². The number of rotatable bonds is 7. The lowest BCUT2D eigenvalue weighted by Gasteiger charge is -2.23. The van der Waals surface area contributed by atoms with Gasteiger partial charge in [0.25, 0.3) is 0 Å². The molecular formula is C14H20N2O2. The highest BCUT2D eigenvalue weighted by Gasteiger charge is 2.23. The van der Waals surface area contributed by atoms with E-state index in [0.29, 0.717) is 18.1 Å². The van der Waals surface area contributed by atoms with Gasteiger partial charge >= 0.3 is 0 Å². The van der Waals surface area contributed by atoms with Crippen LogP contribution in [0.4, 0.5) is 0 Å². The maximum atomic E-state index is 9.14. The summed E-state index contributed by atoms with van der Waals surface area (Å²) >= 11 is 0. The molecule has 0 spiro atoms. The first-order chi connectivity index (χ1) is 8.65. The second-order valence-electron chi connectivity index (χ2n) is 4.14. The minimum atomic E-state index is -0.686. The molecule has 98 valence electrons. The standard InChI is InChI=1S/C14H20N2O2/c1-4-16-14(3,10-15)11-18-13-9-7-6-8-12(13)17-5-2/h6-9,16H,4-5,11H2,1-3H3. The summed E-state index contributed by atoms with van der Waals surface area (Å²) in [6.07, 6.45) is 0. The van der Waals surface area contributed by atoms with Gasteiger partial charge in [-0.25, -0.2) is 0 Å². The van der Waals surface area contributed by atoms with Crippen LogP contribution in [0.2, 0.25) is 0 Å². The molecule has 1 unspecified atom stereocenters. The normalized spacial score (nSPS) is 13.4. The fraction of sp³-hybridized carbons (Fsp3) is 0.500. The van der Waals surface area contributed by atoms with E-state index in [1.165, 1.54) is 0 Å². The summed E-state index contributed by atoms with van der Waals surface area (Å²) in [6.45, 7) is 7.30. The van der Waals surface area contributed by atoms with E-state index in [2.05, 4.69) is 11.4 Å². The van der Waals surface area contributed by atoms with Gasteiger partial charge in [0.2, 0.25) is 0 Å². The van der Waals surface area contributed by atoms with Gasteiger partial charge in [-0.3, -0.25) is 5.32 Å². The van der Waals surface area contributed by atoms with Crippen LogP contribution in [-0.4, -0.2) is 25.3 Å². The van der Waals surface area contributed by atoms with Crippen LogP contribution >= 0.6 is 0 Å². The lowest BCUT2D eigenvalue weighted by molar-refractivity contribution is 0.222. The first kappa shape index (κ1) is 14.3. The highest BCUT2D eigenvalue weighted by atomic mass is 16.5. The third-order valence-corrected chi connectivity index (χ3v) is 2.48. The zero-order chi connectivity index (χ0) is 13.4. The van der Waals surface area contributed by atoms with Gasteiger partial charge in [0, 0.05) is 0 Å². The molecule has 1 N–H and O–H groups in total. The van der Waals surface area contributed by atoms with Gasteiger partial charge in [-0.2, -0.15) is 5.26 Å². The van der Waals surface area contributed by atoms with Crippen molar-refractivity contribution >= 4 is 0 Å². The van der Waals surface area contributed by atoms with E-state index in [1.54, 1.807) is 0 Å². The second-order valence-corrected chi connectivity index (χ2v) is 4.14. The molecule has 0 aliphatic carbocycles. The first-order valence-electron chi connectivity index (χ1n) is 6.16. The van der Waals surface area contributed by atoms with Crippen LogP contribution in [0.1, 0.15) is 20.8 Å². The highest BCUT2D eigenvalue weighted by Crippen LogP contribution is 2.27. The Morgan fingerprint density at radius 2 is 1.83 bits per heavy atom. The molecule has 0 aliphatic heterocycles. The lowest BCUT2D eigenvalue weighted by atomic mass is 10.1. The molecule has 0 saturated heterocycles. The number of hydrogen-bond donors (Lipinski definition) is 1. The quantitative estimate of drug-likeness (QED) is 0.804. The van der Waals surface area contributed by atoms with Crippen molar-refractivity contribution in [3.8, 4) is 17.6 Å². The van der Waals surface area contributed by atoms with E-state index in [-0.39, 0.29) is 6.61 Å². The van der Waals surface area contributed by atoms with Crippen molar-refractivity contribution in [3.63, 3.8) is 0 Å². The largest absolute Gasteiger partial charge is 0.490 e. The van der Waals surface area contributed by atoms with Crippen LogP contribution in [0.25, 0.3) is 0 Å². The van der Waals surface area contributed by atoms with E-state index in [1.807, 2.05) is 45.0 Å². The van der Waals surface area contributed by atoms with Crippen LogP contribution < -0.4 is 14.8 Å². The average molecular weight is 248 g/mol. The van der Waals surface area contributed by atoms with Crippen molar-refractivity contribution in [3.05, 3.63) is 24.3 Å². The molecule has 1 atom stereocenters. The van der Waals surface area contributed by atoms with Crippen molar-refractivity contribution < 1.29 is 9.47 Å². The van der Waals surface area contributed by atoms with Crippen LogP contribution in [0.15, 0.2) is 24.3 Å². The molecule has 4 heteroatoms. The number of benzene rings is 1. The smallest absolute Gasteiger partial charge is 0.161 e. The molecular weight excluding hydrogens is 228 g/mol. The molecule has 0 bridgehead atoms. The van der Waals surface area contributed by atoms with Gasteiger partial charge in [-0.05, 0) is 32.5 Å². The number of nitriles is 1. The Labute approximate surface area is 109 Å². The molecule has 0 aromatic heterocycles. The molecule has 0 heterocycles. The maximum Gasteiger partial charge on any atom is 0.161 e. The fourth-order valence-corrected chi connectivity index (χ4v) is 1.58. The van der Waals surface area contributed by atoms with E-state index in [9.17, 15) is 0 Å². The molecule has 0 amide bonds. The molecule has 0 radical (unpaired) electrons. The van der Waals surface area contributed by atoms with E-state index in [0.717, 1.165) is 6.54 Å². The maximum absolute atomic E-state index is 9.14. The SMILES string of the molecule is CCNC(C)(C#N)COc1ccccc1OCC. The molecule has 1 rings (SSSR count). The van der Waals surface area contributed by atoms with Crippen LogP contribution in [0, 0.1) is 11.3 Å². The number of ether oxygens (including phenoxy) is 2. The topological polar surface area (TPSA) is 54.3 Å². The van der Waals surface area contributed by atoms with Gasteiger partial charge < -0.3 is 9.47 Å². The number of hydrogen-bond acceptors (Lipinski definition) is 4. The van der Waals surface area contributed by atoms with Crippen molar-refractivity contribution in [1.82, 2.24) is 5.32 Å². The molecule has 0 saturated carbocycles. The van der Waals surface area contributed by atoms with Crippen molar-refractivity contribution in [2.45, 2.75) is 26.3 Å². The van der Waals surface area contributed by atoms with Crippen LogP contribution in [0.5, 0.6) is 11.5 Å². The Morgan fingerprint density at radius 1 is 1.22 bits per heavy atom. The first-order valence-corrected chi connectivity index (χ1v) is 6.16. The van der Waals surface area contributed by atoms with Crippen molar-refractivity contribution in [1.29, 1.82) is 5.26 Å². The highest BCUT2D eigenvalue weighted by molar-refractivity contribution is 5.39. The van der Waals surface area contributed by atoms with Gasteiger partial charge in [0.1, 0.15) is 12.1 Å². The Morgan fingerprint density at radius 3 is 2.33 bits per heavy atom. The van der Waals surface area contributed by atoms with E-state index >= 15 is 0 Å². The van der Waals surface area contributed by atoms with E-state index < -0.39 is 5.54 Å². The Hall–Kier alpha value is -1.73. The molecule has 0 aliphatic rings. The molecule has 4 nitrogen and oxygen atoms in total. The van der Waals surface area contributed by atoms with Crippen molar-refractivity contribution in [2.75, 3.05) is 19.8 Å². The summed E-state index contributed by atoms with van der Waals surface area (Å²) in [7, 11) is 0. The summed E-state index contributed by atoms with van der Waals surface area (Å²) in [5, 5.41) is 12.2. The predicted molar refractivity (Wildman–Crippen MR) is 70.8 cm³/mol. The summed E-state index contributed by atoms with van der Waals surface area (Å²) in [6, 6.07) is 9.70. The zero-order valence-electron chi connectivity index (χ0n) is 11.2. The Balaban J connectivity index is 2.71. The van der Waals surface area contributed by atoms with Crippen LogP contribution in [0.3, 0.4) is 0 Å². The summed E-state index contributed by atoms with van der Waals surface area (Å²) in [5.74, 6) is 1.37.